The quantitative estimate of drug-likeness (QED) is 0.663. The molecule has 0 bridgehead atoms. The third-order valence-corrected chi connectivity index (χ3v) is 4.91. The predicted molar refractivity (Wildman–Crippen MR) is 93.8 cm³/mol. The van der Waals surface area contributed by atoms with Crippen LogP contribution >= 0.6 is 0 Å². The summed E-state index contributed by atoms with van der Waals surface area (Å²) in [5, 5.41) is 2.80. The van der Waals surface area contributed by atoms with Crippen molar-refractivity contribution < 1.29 is 13.2 Å². The SMILES string of the molecule is CCCCCN(CCNC(=O)Cc1cccc(C)c1)S(C)(=O)=O. The number of unbranched alkanes of at least 4 members (excludes halogenated alkanes) is 2. The molecule has 130 valence electrons. The first-order chi connectivity index (χ1) is 10.8. The largest absolute Gasteiger partial charge is 0.354 e. The lowest BCUT2D eigenvalue weighted by atomic mass is 10.1. The number of benzene rings is 1. The fraction of sp³-hybridized carbons (Fsp3) is 0.588. The van der Waals surface area contributed by atoms with E-state index in [9.17, 15) is 13.2 Å². The monoisotopic (exact) mass is 340 g/mol. The Morgan fingerprint density at radius 3 is 2.57 bits per heavy atom. The molecule has 0 fully saturated rings. The predicted octanol–water partition coefficient (Wildman–Crippen LogP) is 2.11. The molecule has 1 aromatic carbocycles. The van der Waals surface area contributed by atoms with Gasteiger partial charge in [0.25, 0.3) is 0 Å². The van der Waals surface area contributed by atoms with Crippen molar-refractivity contribution in [3.8, 4) is 0 Å². The van der Waals surface area contributed by atoms with Gasteiger partial charge in [-0.3, -0.25) is 4.79 Å². The third kappa shape index (κ3) is 8.13. The van der Waals surface area contributed by atoms with Gasteiger partial charge in [0.1, 0.15) is 0 Å². The van der Waals surface area contributed by atoms with Crippen LogP contribution in [-0.4, -0.2) is 44.5 Å². The van der Waals surface area contributed by atoms with Crippen molar-refractivity contribution in [2.24, 2.45) is 0 Å². The number of hydrogen-bond acceptors (Lipinski definition) is 3. The Balaban J connectivity index is 2.41. The highest BCUT2D eigenvalue weighted by Gasteiger charge is 2.15. The number of carbonyl (C=O) groups is 1. The first-order valence-corrected chi connectivity index (χ1v) is 9.95. The molecular weight excluding hydrogens is 312 g/mol. The van der Waals surface area contributed by atoms with Crippen molar-refractivity contribution in [1.29, 1.82) is 0 Å². The van der Waals surface area contributed by atoms with Crippen LogP contribution in [0.3, 0.4) is 0 Å². The van der Waals surface area contributed by atoms with Crippen molar-refractivity contribution in [2.75, 3.05) is 25.9 Å². The summed E-state index contributed by atoms with van der Waals surface area (Å²) in [5.74, 6) is -0.0855. The second-order valence-corrected chi connectivity index (χ2v) is 7.87. The van der Waals surface area contributed by atoms with E-state index in [2.05, 4.69) is 12.2 Å². The summed E-state index contributed by atoms with van der Waals surface area (Å²) in [6, 6.07) is 7.81. The third-order valence-electron chi connectivity index (χ3n) is 3.61. The minimum atomic E-state index is -3.23. The molecule has 0 spiro atoms. The molecule has 0 aliphatic heterocycles. The zero-order valence-electron chi connectivity index (χ0n) is 14.3. The van der Waals surface area contributed by atoms with Gasteiger partial charge in [-0.15, -0.1) is 0 Å². The van der Waals surface area contributed by atoms with Gasteiger partial charge in [0, 0.05) is 19.6 Å². The highest BCUT2D eigenvalue weighted by atomic mass is 32.2. The Kier molecular flexibility index (Phi) is 8.26. The second kappa shape index (κ2) is 9.67. The maximum absolute atomic E-state index is 11.9. The molecule has 1 rings (SSSR count). The van der Waals surface area contributed by atoms with E-state index in [1.165, 1.54) is 10.6 Å². The lowest BCUT2D eigenvalue weighted by molar-refractivity contribution is -0.120. The van der Waals surface area contributed by atoms with E-state index in [-0.39, 0.29) is 5.91 Å². The maximum atomic E-state index is 11.9. The van der Waals surface area contributed by atoms with Gasteiger partial charge in [-0.25, -0.2) is 12.7 Å². The minimum absolute atomic E-state index is 0.0855. The van der Waals surface area contributed by atoms with Gasteiger partial charge in [-0.05, 0) is 18.9 Å². The van der Waals surface area contributed by atoms with Gasteiger partial charge >= 0.3 is 0 Å². The summed E-state index contributed by atoms with van der Waals surface area (Å²) in [6.45, 7) is 5.24. The summed E-state index contributed by atoms with van der Waals surface area (Å²) in [7, 11) is -3.23. The second-order valence-electron chi connectivity index (χ2n) is 5.88. The van der Waals surface area contributed by atoms with Gasteiger partial charge < -0.3 is 5.32 Å². The molecule has 1 aromatic rings. The molecule has 5 nitrogen and oxygen atoms in total. The molecular formula is C17H28N2O3S. The number of sulfonamides is 1. The van der Waals surface area contributed by atoms with Crippen molar-refractivity contribution in [3.05, 3.63) is 35.4 Å². The van der Waals surface area contributed by atoms with Crippen molar-refractivity contribution in [1.82, 2.24) is 9.62 Å². The smallest absolute Gasteiger partial charge is 0.224 e. The normalized spacial score (nSPS) is 11.7. The first-order valence-electron chi connectivity index (χ1n) is 8.10. The van der Waals surface area contributed by atoms with E-state index in [0.29, 0.717) is 26.1 Å². The van der Waals surface area contributed by atoms with Crippen LogP contribution in [0.5, 0.6) is 0 Å². The molecule has 23 heavy (non-hydrogen) atoms. The van der Waals surface area contributed by atoms with E-state index in [0.717, 1.165) is 30.4 Å². The average molecular weight is 340 g/mol. The van der Waals surface area contributed by atoms with Gasteiger partial charge in [-0.2, -0.15) is 0 Å². The summed E-state index contributed by atoms with van der Waals surface area (Å²) in [4.78, 5) is 11.9. The lowest BCUT2D eigenvalue weighted by Crippen LogP contribution is -2.39. The van der Waals surface area contributed by atoms with Gasteiger partial charge in [-0.1, -0.05) is 49.6 Å². The van der Waals surface area contributed by atoms with Crippen LogP contribution in [0.15, 0.2) is 24.3 Å². The fourth-order valence-electron chi connectivity index (χ4n) is 2.37. The molecule has 1 amide bonds. The van der Waals surface area contributed by atoms with Crippen LogP contribution < -0.4 is 5.32 Å². The Morgan fingerprint density at radius 2 is 1.96 bits per heavy atom. The highest BCUT2D eigenvalue weighted by molar-refractivity contribution is 7.88. The zero-order valence-corrected chi connectivity index (χ0v) is 15.2. The van der Waals surface area contributed by atoms with E-state index >= 15 is 0 Å². The van der Waals surface area contributed by atoms with Crippen LogP contribution in [0.4, 0.5) is 0 Å². The number of aryl methyl sites for hydroxylation is 1. The molecule has 0 aliphatic carbocycles. The average Bonchev–Trinajstić information content (AvgIpc) is 2.44. The van der Waals surface area contributed by atoms with Gasteiger partial charge in [0.05, 0.1) is 12.7 Å². The molecule has 0 unspecified atom stereocenters. The number of hydrogen-bond donors (Lipinski definition) is 1. The first kappa shape index (κ1) is 19.6. The summed E-state index contributed by atoms with van der Waals surface area (Å²) < 4.78 is 24.9. The Hall–Kier alpha value is -1.40. The number of nitrogens with one attached hydrogen (secondary N) is 1. The van der Waals surface area contributed by atoms with Crippen LogP contribution in [0.25, 0.3) is 0 Å². The van der Waals surface area contributed by atoms with Crippen molar-refractivity contribution in [2.45, 2.75) is 39.5 Å². The number of amides is 1. The zero-order chi connectivity index (χ0) is 17.3. The topological polar surface area (TPSA) is 66.5 Å². The standard InChI is InChI=1S/C17H28N2O3S/c1-4-5-6-11-19(23(3,21)22)12-10-18-17(20)14-16-9-7-8-15(2)13-16/h7-9,13H,4-6,10-12,14H2,1-3H3,(H,18,20). The number of carbonyl (C=O) groups excluding carboxylic acids is 1. The molecule has 0 aliphatic rings. The Morgan fingerprint density at radius 1 is 1.22 bits per heavy atom. The van der Waals surface area contributed by atoms with E-state index in [1.807, 2.05) is 31.2 Å². The molecule has 0 saturated carbocycles. The van der Waals surface area contributed by atoms with E-state index < -0.39 is 10.0 Å². The van der Waals surface area contributed by atoms with Crippen LogP contribution in [0.1, 0.15) is 37.3 Å². The van der Waals surface area contributed by atoms with Crippen LogP contribution in [0.2, 0.25) is 0 Å². The molecule has 0 saturated heterocycles. The highest BCUT2D eigenvalue weighted by Crippen LogP contribution is 2.05. The summed E-state index contributed by atoms with van der Waals surface area (Å²) >= 11 is 0. The summed E-state index contributed by atoms with van der Waals surface area (Å²) in [6.07, 6.45) is 4.43. The maximum Gasteiger partial charge on any atom is 0.224 e. The van der Waals surface area contributed by atoms with Gasteiger partial charge in [0.2, 0.25) is 15.9 Å². The molecule has 6 heteroatoms. The van der Waals surface area contributed by atoms with E-state index in [4.69, 9.17) is 0 Å². The van der Waals surface area contributed by atoms with Crippen molar-refractivity contribution >= 4 is 15.9 Å². The minimum Gasteiger partial charge on any atom is -0.354 e. The Labute approximate surface area is 140 Å². The van der Waals surface area contributed by atoms with Crippen LogP contribution in [-0.2, 0) is 21.2 Å². The Bertz CT molecular complexity index is 600. The van der Waals surface area contributed by atoms with Crippen LogP contribution in [0, 0.1) is 6.92 Å². The summed E-state index contributed by atoms with van der Waals surface area (Å²) in [5.41, 5.74) is 2.08. The molecule has 0 radical (unpaired) electrons. The fourth-order valence-corrected chi connectivity index (χ4v) is 3.26. The molecule has 0 heterocycles. The lowest BCUT2D eigenvalue weighted by Gasteiger charge is -2.20. The molecule has 0 aromatic heterocycles. The van der Waals surface area contributed by atoms with Crippen molar-refractivity contribution in [3.63, 3.8) is 0 Å². The van der Waals surface area contributed by atoms with Gasteiger partial charge in [0.15, 0.2) is 0 Å². The molecule has 1 N–H and O–H groups in total. The van der Waals surface area contributed by atoms with E-state index in [1.54, 1.807) is 0 Å². The molecule has 0 atom stereocenters. The number of nitrogens with zero attached hydrogens (tertiary/aromatic N) is 1. The number of rotatable bonds is 10.